The van der Waals surface area contributed by atoms with Gasteiger partial charge in [0.1, 0.15) is 51.9 Å². The highest BCUT2D eigenvalue weighted by Crippen LogP contribution is 2.49. The van der Waals surface area contributed by atoms with Crippen LogP contribution in [0.5, 0.6) is 5.75 Å². The Morgan fingerprint density at radius 3 is 2.60 bits per heavy atom. The fraction of sp³-hybridized carbons (Fsp3) is 0.541. The number of hydrogen-bond acceptors (Lipinski definition) is 11. The molecule has 2 fully saturated rings. The van der Waals surface area contributed by atoms with Gasteiger partial charge in [0.15, 0.2) is 5.72 Å². The molecule has 280 valence electrons. The van der Waals surface area contributed by atoms with Crippen molar-refractivity contribution in [2.24, 2.45) is 17.0 Å². The maximum atomic E-state index is 14.1. The minimum Gasteiger partial charge on any atom is -0.495 e. The molecule has 3 heterocycles. The van der Waals surface area contributed by atoms with Crippen molar-refractivity contribution < 1.29 is 43.2 Å². The monoisotopic (exact) mass is 740 g/mol. The Kier molecular flexibility index (Phi) is 12.1. The fourth-order valence-electron chi connectivity index (χ4n) is 7.07. The minimum atomic E-state index is -1.78. The van der Waals surface area contributed by atoms with Crippen LogP contribution in [-0.2, 0) is 36.6 Å². The Morgan fingerprint density at radius 2 is 1.92 bits per heavy atom. The summed E-state index contributed by atoms with van der Waals surface area (Å²) in [6.07, 6.45) is 0.958. The quantitative estimate of drug-likeness (QED) is 0.113. The number of benzene rings is 2. The number of ether oxygens (including phenoxy) is 5. The first-order valence-electron chi connectivity index (χ1n) is 17.3. The molecular weight excluding hydrogens is 694 g/mol. The number of nitrogens with zero attached hydrogens (tertiary/aromatic N) is 3. The third-order valence-corrected chi connectivity index (χ3v) is 10.6. The number of alkyl carbamates (subject to hydrolysis) is 1. The third-order valence-electron chi connectivity index (χ3n) is 10.2. The Labute approximate surface area is 307 Å². The number of allylic oxidation sites excluding steroid dienone is 1. The van der Waals surface area contributed by atoms with E-state index >= 15 is 0 Å². The number of rotatable bonds is 7. The largest absolute Gasteiger partial charge is 0.495 e. The first-order valence-corrected chi connectivity index (χ1v) is 17.6. The fourth-order valence-corrected chi connectivity index (χ4v) is 7.39. The van der Waals surface area contributed by atoms with Gasteiger partial charge >= 0.3 is 12.1 Å². The molecule has 3 aliphatic rings. The van der Waals surface area contributed by atoms with Crippen LogP contribution in [0.25, 0.3) is 0 Å². The second-order valence-corrected chi connectivity index (χ2v) is 14.4. The van der Waals surface area contributed by atoms with E-state index in [1.54, 1.807) is 44.3 Å². The molecule has 4 bridgehead atoms. The lowest BCUT2D eigenvalue weighted by atomic mass is 9.83. The van der Waals surface area contributed by atoms with Gasteiger partial charge in [-0.2, -0.15) is 0 Å². The van der Waals surface area contributed by atoms with Crippen LogP contribution < -0.4 is 19.9 Å². The Balaban J connectivity index is 1.51. The summed E-state index contributed by atoms with van der Waals surface area (Å²) >= 11 is 6.77. The number of carbonyl (C=O) groups excluding carboxylic acids is 3. The van der Waals surface area contributed by atoms with Crippen LogP contribution in [-0.4, -0.2) is 86.6 Å². The second kappa shape index (κ2) is 16.1. The van der Waals surface area contributed by atoms with E-state index in [2.05, 4.69) is 22.3 Å². The number of halogens is 1. The molecule has 15 heteroatoms. The van der Waals surface area contributed by atoms with E-state index in [4.69, 9.17) is 40.8 Å². The summed E-state index contributed by atoms with van der Waals surface area (Å²) in [7, 11) is 4.58. The molecule has 2 aromatic rings. The van der Waals surface area contributed by atoms with Gasteiger partial charge in [-0.1, -0.05) is 49.7 Å². The Bertz CT molecular complexity index is 1730. The molecule has 0 spiro atoms. The van der Waals surface area contributed by atoms with Gasteiger partial charge in [0.25, 0.3) is 0 Å². The second-order valence-electron chi connectivity index (χ2n) is 14.0. The summed E-state index contributed by atoms with van der Waals surface area (Å²) in [5.41, 5.74) is 6.37. The molecular formula is C37H47ClN5O9+. The maximum absolute atomic E-state index is 14.1. The predicted octanol–water partition coefficient (Wildman–Crippen LogP) is 5.15. The van der Waals surface area contributed by atoms with Crippen LogP contribution in [0.15, 0.2) is 53.7 Å². The molecule has 2 aromatic carbocycles. The molecule has 8 atom stereocenters. The van der Waals surface area contributed by atoms with Gasteiger partial charge in [0, 0.05) is 26.5 Å². The van der Waals surface area contributed by atoms with E-state index in [0.717, 1.165) is 11.1 Å². The zero-order chi connectivity index (χ0) is 37.8. The summed E-state index contributed by atoms with van der Waals surface area (Å²) < 4.78 is 29.3. The predicted molar refractivity (Wildman–Crippen MR) is 190 cm³/mol. The van der Waals surface area contributed by atoms with Crippen LogP contribution >= 0.6 is 11.6 Å². The number of anilines is 1. The normalized spacial score (nSPS) is 31.3. The standard InChI is InChI=1S/C37H46ClN5O9/c1-21-8-7-9-29(49-6)37(47)20-28(50-35(46)41-37)22(2)33-36(3,52-33)30(51-34(45)25-12-10-23(11-13-25)14-15-40-42-39)19-31(44)43(4)26-17-24(16-21)18-27(48-5)32(26)38/h7,9-13,17-18,21-22,28-30,33,39,47H,8,14-16,19-20H2,1-6H3/p+1/b9-7+/t21?,22-,28+,29-,30+,33+,36+,37+/m1/s1. The van der Waals surface area contributed by atoms with Gasteiger partial charge < -0.3 is 33.7 Å². The highest BCUT2D eigenvalue weighted by Gasteiger charge is 2.64. The summed E-state index contributed by atoms with van der Waals surface area (Å²) in [5, 5.41) is 18.2. The minimum absolute atomic E-state index is 0.0139. The van der Waals surface area contributed by atoms with E-state index in [1.165, 1.54) is 19.1 Å². The lowest BCUT2D eigenvalue weighted by molar-refractivity contribution is -0.142. The molecule has 0 radical (unpaired) electrons. The van der Waals surface area contributed by atoms with Gasteiger partial charge in [-0.3, -0.25) is 10.1 Å². The highest BCUT2D eigenvalue weighted by atomic mass is 35.5. The SMILES string of the molecule is COc1cc2cc(c1Cl)N(C)C(=O)C[C@H](OC(=O)c1ccc(CCN=[N+]=N)cc1)[C@]1(C)O[C@H]1[C@H](C)[C@@H]1C[C@@](O)(NC(=O)O1)[C@H](OC)/C=C/CC(C)C2. The first-order chi connectivity index (χ1) is 24.7. The first kappa shape index (κ1) is 38.9. The van der Waals surface area contributed by atoms with Gasteiger partial charge in [0.05, 0.1) is 30.9 Å². The zero-order valence-electron chi connectivity index (χ0n) is 30.3. The van der Waals surface area contributed by atoms with Crippen molar-refractivity contribution >= 4 is 35.3 Å². The zero-order valence-corrected chi connectivity index (χ0v) is 31.0. The van der Waals surface area contributed by atoms with Crippen molar-refractivity contribution in [1.82, 2.24) is 10.2 Å². The average molecular weight is 741 g/mol. The molecule has 0 aromatic heterocycles. The Hall–Kier alpha value is -4.33. The number of hydrogen-bond donors (Lipinski definition) is 3. The van der Waals surface area contributed by atoms with Crippen LogP contribution in [0, 0.1) is 17.4 Å². The van der Waals surface area contributed by atoms with Crippen molar-refractivity contribution in [2.75, 3.05) is 32.7 Å². The summed E-state index contributed by atoms with van der Waals surface area (Å²) in [6, 6.07) is 10.5. The highest BCUT2D eigenvalue weighted by molar-refractivity contribution is 6.35. The number of nitrogens with one attached hydrogen (secondary N) is 2. The van der Waals surface area contributed by atoms with Crippen LogP contribution in [0.3, 0.4) is 0 Å². The van der Waals surface area contributed by atoms with E-state index in [1.807, 2.05) is 25.1 Å². The third kappa shape index (κ3) is 8.48. The summed E-state index contributed by atoms with van der Waals surface area (Å²) in [4.78, 5) is 45.0. The van der Waals surface area contributed by atoms with E-state index < -0.39 is 53.7 Å². The maximum Gasteiger partial charge on any atom is 0.409 e. The van der Waals surface area contributed by atoms with E-state index in [9.17, 15) is 19.5 Å². The van der Waals surface area contributed by atoms with Gasteiger partial charge in [0.2, 0.25) is 10.8 Å². The number of amides is 2. The number of epoxide rings is 1. The smallest absolute Gasteiger partial charge is 0.409 e. The van der Waals surface area contributed by atoms with Crippen molar-refractivity contribution in [3.05, 3.63) is 70.3 Å². The molecule has 5 rings (SSSR count). The van der Waals surface area contributed by atoms with Gasteiger partial charge in [-0.15, -0.1) is 0 Å². The number of methoxy groups -OCH3 is 2. The molecule has 0 saturated carbocycles. The molecule has 3 N–H and O–H groups in total. The molecule has 52 heavy (non-hydrogen) atoms. The molecule has 2 saturated heterocycles. The number of fused-ring (bicyclic) bond motifs is 5. The van der Waals surface area contributed by atoms with Crippen molar-refractivity contribution in [3.63, 3.8) is 0 Å². The molecule has 14 nitrogen and oxygen atoms in total. The summed E-state index contributed by atoms with van der Waals surface area (Å²) in [6.45, 7) is 5.98. The number of esters is 1. The Morgan fingerprint density at radius 1 is 1.19 bits per heavy atom. The lowest BCUT2D eigenvalue weighted by Gasteiger charge is -2.42. The molecule has 2 amide bonds. The molecule has 0 aliphatic carbocycles. The molecule has 1 unspecified atom stereocenters. The summed E-state index contributed by atoms with van der Waals surface area (Å²) in [5.74, 6) is -1.01. The van der Waals surface area contributed by atoms with Gasteiger partial charge in [-0.05, 0) is 67.5 Å². The van der Waals surface area contributed by atoms with Crippen molar-refractivity contribution in [1.29, 1.82) is 5.53 Å². The van der Waals surface area contributed by atoms with Crippen molar-refractivity contribution in [3.8, 4) is 5.75 Å². The lowest BCUT2D eigenvalue weighted by Crippen LogP contribution is -2.63. The number of aliphatic hydroxyl groups is 1. The van der Waals surface area contributed by atoms with Crippen LogP contribution in [0.4, 0.5) is 10.5 Å². The molecule has 3 aliphatic heterocycles. The van der Waals surface area contributed by atoms with Crippen LogP contribution in [0.2, 0.25) is 5.02 Å². The average Bonchev–Trinajstić information content (AvgIpc) is 3.81. The number of carbonyl (C=O) groups is 3. The van der Waals surface area contributed by atoms with Crippen LogP contribution in [0.1, 0.15) is 61.5 Å². The van der Waals surface area contributed by atoms with E-state index in [-0.39, 0.29) is 35.3 Å². The van der Waals surface area contributed by atoms with Gasteiger partial charge in [-0.25, -0.2) is 9.59 Å². The van der Waals surface area contributed by atoms with Crippen molar-refractivity contribution in [2.45, 2.75) is 88.6 Å². The van der Waals surface area contributed by atoms with E-state index in [0.29, 0.717) is 37.2 Å². The topological polar surface area (TPSA) is 186 Å².